The van der Waals surface area contributed by atoms with Gasteiger partial charge < -0.3 is 10.1 Å². The highest BCUT2D eigenvalue weighted by Gasteiger charge is 2.35. The molecule has 1 heterocycles. The molecule has 0 saturated carbocycles. The van der Waals surface area contributed by atoms with Gasteiger partial charge in [0.05, 0.1) is 16.4 Å². The van der Waals surface area contributed by atoms with E-state index in [-0.39, 0.29) is 52.6 Å². The molecule has 0 unspecified atom stereocenters. The van der Waals surface area contributed by atoms with Crippen LogP contribution in [0, 0.1) is 13.8 Å². The van der Waals surface area contributed by atoms with Crippen molar-refractivity contribution in [2.24, 2.45) is 5.10 Å². The lowest BCUT2D eigenvalue weighted by Crippen LogP contribution is -2.28. The SMILES string of the molecule is Cc1cc(C(=O)C2=C(O)CCCC2=O)c(C)c2c1S(=O)(=O)CC/C2=N\N(C)C. The number of sulfone groups is 1. The number of hydrazone groups is 1. The van der Waals surface area contributed by atoms with Crippen LogP contribution in [0.3, 0.4) is 0 Å². The molecule has 0 fully saturated rings. The van der Waals surface area contributed by atoms with Crippen molar-refractivity contribution in [1.29, 1.82) is 0 Å². The van der Waals surface area contributed by atoms with Gasteiger partial charge in [0, 0.05) is 44.5 Å². The van der Waals surface area contributed by atoms with Crippen molar-refractivity contribution in [3.8, 4) is 0 Å². The van der Waals surface area contributed by atoms with Crippen LogP contribution in [-0.2, 0) is 14.6 Å². The van der Waals surface area contributed by atoms with Crippen molar-refractivity contribution in [1.82, 2.24) is 5.01 Å². The third-order valence-corrected chi connectivity index (χ3v) is 7.00. The number of benzene rings is 1. The van der Waals surface area contributed by atoms with E-state index in [1.54, 1.807) is 33.0 Å². The van der Waals surface area contributed by atoms with Crippen molar-refractivity contribution < 1.29 is 23.1 Å². The Morgan fingerprint density at radius 3 is 2.46 bits per heavy atom. The van der Waals surface area contributed by atoms with Gasteiger partial charge in [-0.05, 0) is 37.5 Å². The summed E-state index contributed by atoms with van der Waals surface area (Å²) >= 11 is 0. The van der Waals surface area contributed by atoms with Crippen LogP contribution in [-0.4, -0.2) is 55.7 Å². The van der Waals surface area contributed by atoms with E-state index in [0.29, 0.717) is 28.8 Å². The number of hydrogen-bond donors (Lipinski definition) is 1. The average Bonchev–Trinajstić information content (AvgIpc) is 2.58. The van der Waals surface area contributed by atoms with E-state index in [1.165, 1.54) is 6.07 Å². The lowest BCUT2D eigenvalue weighted by Gasteiger charge is -2.25. The quantitative estimate of drug-likeness (QED) is 0.472. The van der Waals surface area contributed by atoms with Gasteiger partial charge in [0.25, 0.3) is 0 Å². The van der Waals surface area contributed by atoms with Crippen LogP contribution in [0.2, 0.25) is 0 Å². The summed E-state index contributed by atoms with van der Waals surface area (Å²) in [6.07, 6.45) is 1.27. The molecule has 150 valence electrons. The van der Waals surface area contributed by atoms with Gasteiger partial charge >= 0.3 is 0 Å². The van der Waals surface area contributed by atoms with Crippen LogP contribution in [0.1, 0.15) is 52.7 Å². The number of allylic oxidation sites excluding steroid dienone is 2. The topological polar surface area (TPSA) is 104 Å². The summed E-state index contributed by atoms with van der Waals surface area (Å²) in [5, 5.41) is 16.2. The van der Waals surface area contributed by atoms with Crippen molar-refractivity contribution >= 4 is 27.1 Å². The van der Waals surface area contributed by atoms with Gasteiger partial charge in [-0.1, -0.05) is 0 Å². The fraction of sp³-hybridized carbons (Fsp3) is 0.450. The third-order valence-electron chi connectivity index (χ3n) is 5.11. The smallest absolute Gasteiger partial charge is 0.200 e. The Morgan fingerprint density at radius 1 is 1.18 bits per heavy atom. The zero-order valence-corrected chi connectivity index (χ0v) is 17.3. The lowest BCUT2D eigenvalue weighted by molar-refractivity contribution is -0.116. The van der Waals surface area contributed by atoms with Crippen molar-refractivity contribution in [3.63, 3.8) is 0 Å². The standard InChI is InChI=1S/C20H24N2O5S/c1-11-10-13(19(25)18-15(23)6-5-7-16(18)24)12(2)17-14(21-22(3)4)8-9-28(26,27)20(11)17/h10,23H,5-9H2,1-4H3/b21-14+. The third kappa shape index (κ3) is 3.37. The summed E-state index contributed by atoms with van der Waals surface area (Å²) in [7, 11) is 0.00131. The first-order valence-electron chi connectivity index (χ1n) is 9.16. The molecule has 2 aliphatic rings. The first-order valence-corrected chi connectivity index (χ1v) is 10.8. The second kappa shape index (κ2) is 7.16. The van der Waals surface area contributed by atoms with Gasteiger partial charge in [0.15, 0.2) is 21.4 Å². The lowest BCUT2D eigenvalue weighted by atomic mass is 9.86. The van der Waals surface area contributed by atoms with Crippen molar-refractivity contribution in [2.75, 3.05) is 19.8 Å². The molecule has 1 aromatic carbocycles. The van der Waals surface area contributed by atoms with Gasteiger partial charge in [-0.3, -0.25) is 9.59 Å². The van der Waals surface area contributed by atoms with Gasteiger partial charge in [0.2, 0.25) is 0 Å². The second-order valence-corrected chi connectivity index (χ2v) is 9.51. The molecule has 0 radical (unpaired) electrons. The number of fused-ring (bicyclic) bond motifs is 1. The van der Waals surface area contributed by atoms with Crippen molar-refractivity contribution in [2.45, 2.75) is 44.4 Å². The summed E-state index contributed by atoms with van der Waals surface area (Å²) < 4.78 is 25.4. The van der Waals surface area contributed by atoms with E-state index < -0.39 is 15.6 Å². The molecule has 0 spiro atoms. The van der Waals surface area contributed by atoms with E-state index in [0.717, 1.165) is 0 Å². The molecule has 3 rings (SSSR count). The first kappa shape index (κ1) is 20.3. The largest absolute Gasteiger partial charge is 0.511 e. The first-order chi connectivity index (χ1) is 13.0. The van der Waals surface area contributed by atoms with E-state index in [9.17, 15) is 23.1 Å². The molecule has 1 N–H and O–H groups in total. The summed E-state index contributed by atoms with van der Waals surface area (Å²) in [6.45, 7) is 3.31. The summed E-state index contributed by atoms with van der Waals surface area (Å²) in [5.74, 6) is -1.16. The zero-order valence-electron chi connectivity index (χ0n) is 16.5. The highest BCUT2D eigenvalue weighted by Crippen LogP contribution is 2.35. The molecule has 7 nitrogen and oxygen atoms in total. The van der Waals surface area contributed by atoms with Crippen LogP contribution >= 0.6 is 0 Å². The molecular formula is C20H24N2O5S. The number of Topliss-reactive ketones (excluding diaryl/α,β-unsaturated/α-hetero) is 2. The number of carbonyl (C=O) groups is 2. The molecule has 0 bridgehead atoms. The Bertz CT molecular complexity index is 1050. The van der Waals surface area contributed by atoms with Crippen LogP contribution in [0.4, 0.5) is 0 Å². The minimum Gasteiger partial charge on any atom is -0.511 e. The molecule has 8 heteroatoms. The molecular weight excluding hydrogens is 380 g/mol. The molecule has 0 aromatic heterocycles. The molecule has 1 aliphatic carbocycles. The molecule has 1 aliphatic heterocycles. The summed E-state index contributed by atoms with van der Waals surface area (Å²) in [6, 6.07) is 1.51. The maximum Gasteiger partial charge on any atom is 0.200 e. The number of carbonyl (C=O) groups excluding carboxylic acids is 2. The van der Waals surface area contributed by atoms with Crippen LogP contribution in [0.25, 0.3) is 0 Å². The molecule has 0 saturated heterocycles. The monoisotopic (exact) mass is 404 g/mol. The van der Waals surface area contributed by atoms with Crippen LogP contribution < -0.4 is 0 Å². The predicted octanol–water partition coefficient (Wildman–Crippen LogP) is 2.49. The fourth-order valence-electron chi connectivity index (χ4n) is 3.90. The second-order valence-electron chi connectivity index (χ2n) is 7.46. The maximum absolute atomic E-state index is 13.1. The van der Waals surface area contributed by atoms with Crippen molar-refractivity contribution in [3.05, 3.63) is 39.7 Å². The number of ketones is 2. The molecule has 0 atom stereocenters. The summed E-state index contributed by atoms with van der Waals surface area (Å²) in [4.78, 5) is 25.6. The number of rotatable bonds is 3. The molecule has 28 heavy (non-hydrogen) atoms. The minimum atomic E-state index is -3.49. The highest BCUT2D eigenvalue weighted by atomic mass is 32.2. The van der Waals surface area contributed by atoms with Gasteiger partial charge in [-0.25, -0.2) is 8.42 Å². The number of nitrogens with zero attached hydrogens (tertiary/aromatic N) is 2. The van der Waals surface area contributed by atoms with E-state index in [1.807, 2.05) is 0 Å². The van der Waals surface area contributed by atoms with Gasteiger partial charge in [-0.15, -0.1) is 0 Å². The molecule has 0 amide bonds. The Balaban J connectivity index is 2.29. The maximum atomic E-state index is 13.1. The van der Waals surface area contributed by atoms with E-state index in [4.69, 9.17) is 0 Å². The average molecular weight is 404 g/mol. The minimum absolute atomic E-state index is 0.0370. The van der Waals surface area contributed by atoms with E-state index >= 15 is 0 Å². The number of aryl methyl sites for hydroxylation is 1. The fourth-order valence-corrected chi connectivity index (χ4v) is 5.69. The van der Waals surface area contributed by atoms with Crippen LogP contribution in [0.5, 0.6) is 0 Å². The number of aliphatic hydroxyl groups is 1. The van der Waals surface area contributed by atoms with E-state index in [2.05, 4.69) is 5.10 Å². The number of aliphatic hydroxyl groups excluding tert-OH is 1. The zero-order chi connectivity index (χ0) is 20.8. The Labute approximate surface area is 164 Å². The Kier molecular flexibility index (Phi) is 5.18. The van der Waals surface area contributed by atoms with Crippen LogP contribution in [0.15, 0.2) is 27.4 Å². The highest BCUT2D eigenvalue weighted by molar-refractivity contribution is 7.91. The Hall–Kier alpha value is -2.48. The molecule has 1 aromatic rings. The predicted molar refractivity (Wildman–Crippen MR) is 106 cm³/mol. The Morgan fingerprint density at radius 2 is 1.86 bits per heavy atom. The normalized spacial score (nSPS) is 20.3. The number of hydrogen-bond acceptors (Lipinski definition) is 7. The summed E-state index contributed by atoms with van der Waals surface area (Å²) in [5.41, 5.74) is 1.99. The van der Waals surface area contributed by atoms with Gasteiger partial charge in [0.1, 0.15) is 11.3 Å². The van der Waals surface area contributed by atoms with Gasteiger partial charge in [-0.2, -0.15) is 5.10 Å².